The number of carbonyl (C=O) groups is 1. The molecule has 0 unspecified atom stereocenters. The topological polar surface area (TPSA) is 46.9 Å². The number of halogens is 3. The molecule has 0 saturated carbocycles. The zero-order valence-electron chi connectivity index (χ0n) is 18.0. The van der Waals surface area contributed by atoms with Gasteiger partial charge in [0.1, 0.15) is 5.82 Å². The van der Waals surface area contributed by atoms with Gasteiger partial charge in [-0.25, -0.2) is 4.98 Å². The average Bonchev–Trinajstić information content (AvgIpc) is 3.16. The molecule has 0 bridgehead atoms. The van der Waals surface area contributed by atoms with Gasteiger partial charge in [-0.15, -0.1) is 0 Å². The SMILES string of the molecule is O=C(NCCCCCc1nc2ccccc2n1Cc1ccc(Cl)c(Cl)c1)c1ccccc1Cl. The smallest absolute Gasteiger partial charge is 0.252 e. The molecule has 1 heterocycles. The Hall–Kier alpha value is -2.53. The van der Waals surface area contributed by atoms with Crippen LogP contribution in [0.2, 0.25) is 15.1 Å². The summed E-state index contributed by atoms with van der Waals surface area (Å²) in [6.07, 6.45) is 3.71. The van der Waals surface area contributed by atoms with Crippen molar-refractivity contribution in [1.82, 2.24) is 14.9 Å². The number of imidazole rings is 1. The van der Waals surface area contributed by atoms with Crippen LogP contribution in [-0.2, 0) is 13.0 Å². The van der Waals surface area contributed by atoms with E-state index in [4.69, 9.17) is 39.8 Å². The van der Waals surface area contributed by atoms with E-state index < -0.39 is 0 Å². The lowest BCUT2D eigenvalue weighted by Gasteiger charge is -2.11. The van der Waals surface area contributed by atoms with Gasteiger partial charge in [0.05, 0.1) is 31.7 Å². The molecule has 33 heavy (non-hydrogen) atoms. The van der Waals surface area contributed by atoms with Gasteiger partial charge in [-0.05, 0) is 54.8 Å². The lowest BCUT2D eigenvalue weighted by atomic mass is 10.1. The van der Waals surface area contributed by atoms with E-state index in [1.165, 1.54) is 0 Å². The first-order valence-corrected chi connectivity index (χ1v) is 12.1. The fourth-order valence-electron chi connectivity index (χ4n) is 3.84. The largest absolute Gasteiger partial charge is 0.352 e. The number of fused-ring (bicyclic) bond motifs is 1. The summed E-state index contributed by atoms with van der Waals surface area (Å²) >= 11 is 18.4. The molecule has 1 aromatic heterocycles. The summed E-state index contributed by atoms with van der Waals surface area (Å²) < 4.78 is 2.24. The predicted octanol–water partition coefficient (Wildman–Crippen LogP) is 7.19. The van der Waals surface area contributed by atoms with Gasteiger partial charge in [0, 0.05) is 19.5 Å². The molecule has 0 aliphatic heterocycles. The summed E-state index contributed by atoms with van der Waals surface area (Å²) in [5, 5.41) is 4.52. The highest BCUT2D eigenvalue weighted by molar-refractivity contribution is 6.42. The van der Waals surface area contributed by atoms with Crippen molar-refractivity contribution < 1.29 is 4.79 Å². The minimum Gasteiger partial charge on any atom is -0.352 e. The van der Waals surface area contributed by atoms with Crippen LogP contribution in [0, 0.1) is 0 Å². The van der Waals surface area contributed by atoms with Crippen molar-refractivity contribution in [2.75, 3.05) is 6.54 Å². The zero-order valence-corrected chi connectivity index (χ0v) is 20.3. The van der Waals surface area contributed by atoms with Crippen LogP contribution >= 0.6 is 34.8 Å². The van der Waals surface area contributed by atoms with Crippen LogP contribution in [0.4, 0.5) is 0 Å². The fraction of sp³-hybridized carbons (Fsp3) is 0.231. The summed E-state index contributed by atoms with van der Waals surface area (Å²) in [5.41, 5.74) is 3.68. The number of carbonyl (C=O) groups excluding carboxylic acids is 1. The van der Waals surface area contributed by atoms with E-state index in [-0.39, 0.29) is 5.91 Å². The quantitative estimate of drug-likeness (QED) is 0.247. The first-order valence-electron chi connectivity index (χ1n) is 10.9. The number of nitrogens with one attached hydrogen (secondary N) is 1. The van der Waals surface area contributed by atoms with E-state index in [0.29, 0.717) is 33.7 Å². The maximum Gasteiger partial charge on any atom is 0.252 e. The van der Waals surface area contributed by atoms with Gasteiger partial charge in [-0.3, -0.25) is 4.79 Å². The van der Waals surface area contributed by atoms with Gasteiger partial charge in [-0.2, -0.15) is 0 Å². The van der Waals surface area contributed by atoms with Crippen molar-refractivity contribution in [3.05, 3.63) is 98.7 Å². The molecule has 0 aliphatic rings. The Morgan fingerprint density at radius 1 is 0.848 bits per heavy atom. The van der Waals surface area contributed by atoms with E-state index in [2.05, 4.69) is 16.0 Å². The molecular weight excluding hydrogens is 477 g/mol. The number of hydrogen-bond donors (Lipinski definition) is 1. The predicted molar refractivity (Wildman–Crippen MR) is 137 cm³/mol. The zero-order chi connectivity index (χ0) is 23.2. The minimum absolute atomic E-state index is 0.135. The second kappa shape index (κ2) is 11.1. The summed E-state index contributed by atoms with van der Waals surface area (Å²) in [5.74, 6) is 0.909. The van der Waals surface area contributed by atoms with Gasteiger partial charge < -0.3 is 9.88 Å². The molecule has 1 N–H and O–H groups in total. The van der Waals surface area contributed by atoms with Crippen molar-refractivity contribution in [2.45, 2.75) is 32.2 Å². The molecule has 1 amide bonds. The van der Waals surface area contributed by atoms with Crippen molar-refractivity contribution in [1.29, 1.82) is 0 Å². The summed E-state index contributed by atoms with van der Waals surface area (Å²) in [6, 6.07) is 21.0. The third-order valence-corrected chi connectivity index (χ3v) is 6.61. The molecule has 4 rings (SSSR count). The third-order valence-electron chi connectivity index (χ3n) is 5.54. The number of para-hydroxylation sites is 2. The Morgan fingerprint density at radius 3 is 2.45 bits per heavy atom. The maximum atomic E-state index is 12.3. The molecule has 7 heteroatoms. The third kappa shape index (κ3) is 5.89. The van der Waals surface area contributed by atoms with Gasteiger partial charge in [0.25, 0.3) is 5.91 Å². The number of hydrogen-bond acceptors (Lipinski definition) is 2. The molecular formula is C26H24Cl3N3O. The normalized spacial score (nSPS) is 11.1. The lowest BCUT2D eigenvalue weighted by Crippen LogP contribution is -2.24. The molecule has 0 atom stereocenters. The summed E-state index contributed by atoms with van der Waals surface area (Å²) in [6.45, 7) is 1.30. The van der Waals surface area contributed by atoms with E-state index in [1.54, 1.807) is 12.1 Å². The Morgan fingerprint density at radius 2 is 1.64 bits per heavy atom. The number of unbranched alkanes of at least 4 members (excludes halogenated alkanes) is 2. The summed E-state index contributed by atoms with van der Waals surface area (Å²) in [7, 11) is 0. The molecule has 170 valence electrons. The van der Waals surface area contributed by atoms with Crippen LogP contribution in [0.1, 0.15) is 41.0 Å². The highest BCUT2D eigenvalue weighted by Crippen LogP contribution is 2.25. The van der Waals surface area contributed by atoms with Crippen molar-refractivity contribution in [2.24, 2.45) is 0 Å². The highest BCUT2D eigenvalue weighted by atomic mass is 35.5. The van der Waals surface area contributed by atoms with Crippen LogP contribution in [-0.4, -0.2) is 22.0 Å². The Kier molecular flexibility index (Phi) is 7.92. The Balaban J connectivity index is 1.34. The molecule has 4 nitrogen and oxygen atoms in total. The first kappa shape index (κ1) is 23.6. The number of rotatable bonds is 9. The van der Waals surface area contributed by atoms with Gasteiger partial charge >= 0.3 is 0 Å². The second-order valence-corrected chi connectivity index (χ2v) is 9.12. The van der Waals surface area contributed by atoms with E-state index in [9.17, 15) is 4.79 Å². The van der Waals surface area contributed by atoms with E-state index in [1.807, 2.05) is 48.5 Å². The van der Waals surface area contributed by atoms with Gasteiger partial charge in [-0.1, -0.05) is 71.6 Å². The monoisotopic (exact) mass is 499 g/mol. The van der Waals surface area contributed by atoms with Crippen LogP contribution in [0.5, 0.6) is 0 Å². The van der Waals surface area contributed by atoms with Gasteiger partial charge in [0.15, 0.2) is 0 Å². The maximum absolute atomic E-state index is 12.3. The number of benzene rings is 3. The Bertz CT molecular complexity index is 1270. The summed E-state index contributed by atoms with van der Waals surface area (Å²) in [4.78, 5) is 17.1. The fourth-order valence-corrected chi connectivity index (χ4v) is 4.38. The van der Waals surface area contributed by atoms with E-state index >= 15 is 0 Å². The molecule has 0 spiro atoms. The number of amides is 1. The van der Waals surface area contributed by atoms with E-state index in [0.717, 1.165) is 48.1 Å². The van der Waals surface area contributed by atoms with Crippen LogP contribution in [0.3, 0.4) is 0 Å². The molecule has 0 saturated heterocycles. The molecule has 0 fully saturated rings. The number of aromatic nitrogens is 2. The van der Waals surface area contributed by atoms with Crippen LogP contribution in [0.25, 0.3) is 11.0 Å². The second-order valence-electron chi connectivity index (χ2n) is 7.90. The van der Waals surface area contributed by atoms with Crippen molar-refractivity contribution in [3.63, 3.8) is 0 Å². The molecule has 4 aromatic rings. The Labute approximate surface area is 208 Å². The highest BCUT2D eigenvalue weighted by Gasteiger charge is 2.12. The lowest BCUT2D eigenvalue weighted by molar-refractivity contribution is 0.0953. The van der Waals surface area contributed by atoms with Gasteiger partial charge in [0.2, 0.25) is 0 Å². The minimum atomic E-state index is -0.135. The molecule has 0 aliphatic carbocycles. The number of aryl methyl sites for hydroxylation is 1. The molecule has 3 aromatic carbocycles. The number of nitrogens with zero attached hydrogens (tertiary/aromatic N) is 2. The van der Waals surface area contributed by atoms with Crippen molar-refractivity contribution in [3.8, 4) is 0 Å². The molecule has 0 radical (unpaired) electrons. The van der Waals surface area contributed by atoms with Crippen LogP contribution in [0.15, 0.2) is 66.7 Å². The first-order chi connectivity index (χ1) is 16.0. The standard InChI is InChI=1S/C26H24Cl3N3O/c27-20-9-4-3-8-19(20)26(33)30-15-7-1-2-12-25-31-23-10-5-6-11-24(23)32(25)17-18-13-14-21(28)22(29)16-18/h3-6,8-11,13-14,16H,1-2,7,12,15,17H2,(H,30,33). The van der Waals surface area contributed by atoms with Crippen LogP contribution < -0.4 is 5.32 Å². The average molecular weight is 501 g/mol. The van der Waals surface area contributed by atoms with Crippen molar-refractivity contribution >= 4 is 51.7 Å².